The average Bonchev–Trinajstić information content (AvgIpc) is 2.67. The lowest BCUT2D eigenvalue weighted by atomic mass is 9.83. The maximum atomic E-state index is 12.0. The van der Waals surface area contributed by atoms with Crippen molar-refractivity contribution < 1.29 is 9.32 Å². The van der Waals surface area contributed by atoms with E-state index in [2.05, 4.69) is 26.4 Å². The van der Waals surface area contributed by atoms with E-state index in [1.54, 1.807) is 6.07 Å². The summed E-state index contributed by atoms with van der Waals surface area (Å²) < 4.78 is 5.52. The molecule has 3 rings (SSSR count). The van der Waals surface area contributed by atoms with Gasteiger partial charge in [-0.25, -0.2) is 0 Å². The van der Waals surface area contributed by atoms with Crippen LogP contribution in [0.3, 0.4) is 0 Å². The third kappa shape index (κ3) is 1.56. The highest BCUT2D eigenvalue weighted by Crippen LogP contribution is 2.31. The van der Waals surface area contributed by atoms with Crippen molar-refractivity contribution >= 4 is 21.8 Å². The molecule has 0 radical (unpaired) electrons. The van der Waals surface area contributed by atoms with E-state index in [4.69, 9.17) is 4.52 Å². The molecule has 0 spiro atoms. The van der Waals surface area contributed by atoms with E-state index in [9.17, 15) is 4.79 Å². The van der Waals surface area contributed by atoms with E-state index in [-0.39, 0.29) is 5.91 Å². The van der Waals surface area contributed by atoms with Crippen LogP contribution < -0.4 is 5.32 Å². The Hall–Kier alpha value is -0.880. The number of halogens is 1. The van der Waals surface area contributed by atoms with Crippen molar-refractivity contribution in [2.45, 2.75) is 12.5 Å². The van der Waals surface area contributed by atoms with Crippen LogP contribution in [-0.4, -0.2) is 41.6 Å². The van der Waals surface area contributed by atoms with Crippen LogP contribution in [0.25, 0.3) is 0 Å². The molecule has 1 aromatic heterocycles. The summed E-state index contributed by atoms with van der Waals surface area (Å²) in [6.07, 6.45) is 1.16. The number of likely N-dealkylation sites (tertiary alicyclic amines) is 1. The average molecular weight is 286 g/mol. The molecular weight excluding hydrogens is 274 g/mol. The molecule has 86 valence electrons. The smallest absolute Gasteiger partial charge is 0.292 e. The largest absolute Gasteiger partial charge is 0.350 e. The molecule has 3 heterocycles. The molecule has 2 aliphatic heterocycles. The highest BCUT2D eigenvalue weighted by Gasteiger charge is 2.43. The molecule has 2 saturated heterocycles. The number of amides is 1. The van der Waals surface area contributed by atoms with Gasteiger partial charge in [-0.05, 0) is 34.8 Å². The van der Waals surface area contributed by atoms with Crippen molar-refractivity contribution in [3.63, 3.8) is 0 Å². The van der Waals surface area contributed by atoms with Crippen LogP contribution in [0.2, 0.25) is 0 Å². The zero-order chi connectivity index (χ0) is 11.1. The molecule has 1 N–H and O–H groups in total. The number of nitrogens with one attached hydrogen (secondary N) is 1. The Morgan fingerprint density at radius 1 is 1.69 bits per heavy atom. The number of hydrogen-bond donors (Lipinski definition) is 1. The van der Waals surface area contributed by atoms with Crippen LogP contribution in [0.5, 0.6) is 0 Å². The van der Waals surface area contributed by atoms with Crippen LogP contribution in [0.1, 0.15) is 17.0 Å². The lowest BCUT2D eigenvalue weighted by molar-refractivity contribution is -0.000164. The van der Waals surface area contributed by atoms with E-state index < -0.39 is 0 Å². The lowest BCUT2D eigenvalue weighted by Gasteiger charge is -2.50. The highest BCUT2D eigenvalue weighted by atomic mass is 79.9. The SMILES string of the molecule is O=C(c1cc(Br)no1)N1CC2CCNCC21. The first-order chi connectivity index (χ1) is 7.75. The van der Waals surface area contributed by atoms with Gasteiger partial charge in [-0.1, -0.05) is 5.16 Å². The molecule has 0 saturated carbocycles. The molecule has 6 heteroatoms. The molecule has 1 amide bonds. The summed E-state index contributed by atoms with van der Waals surface area (Å²) in [4.78, 5) is 13.9. The van der Waals surface area contributed by atoms with Gasteiger partial charge in [0.05, 0.1) is 0 Å². The number of hydrogen-bond acceptors (Lipinski definition) is 4. The van der Waals surface area contributed by atoms with E-state index in [1.807, 2.05) is 4.90 Å². The molecule has 2 aliphatic rings. The summed E-state index contributed by atoms with van der Waals surface area (Å²) in [5, 5.41) is 6.97. The number of carbonyl (C=O) groups is 1. The fourth-order valence-corrected chi connectivity index (χ4v) is 2.73. The molecule has 0 aromatic carbocycles. The Labute approximate surface area is 101 Å². The zero-order valence-electron chi connectivity index (χ0n) is 8.65. The quantitative estimate of drug-likeness (QED) is 0.832. The van der Waals surface area contributed by atoms with E-state index in [0.29, 0.717) is 22.3 Å². The molecule has 0 bridgehead atoms. The molecule has 16 heavy (non-hydrogen) atoms. The minimum atomic E-state index is -0.0526. The first kappa shape index (κ1) is 10.3. The highest BCUT2D eigenvalue weighted by molar-refractivity contribution is 9.10. The fourth-order valence-electron chi connectivity index (χ4n) is 2.45. The van der Waals surface area contributed by atoms with Crippen molar-refractivity contribution in [1.82, 2.24) is 15.4 Å². The van der Waals surface area contributed by atoms with Crippen LogP contribution in [0.4, 0.5) is 0 Å². The Balaban J connectivity index is 1.72. The predicted octanol–water partition coefficient (Wildman–Crippen LogP) is 0.871. The lowest BCUT2D eigenvalue weighted by Crippen LogP contribution is -2.65. The zero-order valence-corrected chi connectivity index (χ0v) is 10.2. The Bertz CT molecular complexity index is 420. The Morgan fingerprint density at radius 2 is 2.56 bits per heavy atom. The first-order valence-corrected chi connectivity index (χ1v) is 6.19. The second-order valence-corrected chi connectivity index (χ2v) is 5.10. The number of aromatic nitrogens is 1. The predicted molar refractivity (Wildman–Crippen MR) is 60.0 cm³/mol. The molecular formula is C10H12BrN3O2. The fraction of sp³-hybridized carbons (Fsp3) is 0.600. The minimum absolute atomic E-state index is 0.0526. The molecule has 1 aromatic rings. The summed E-state index contributed by atoms with van der Waals surface area (Å²) in [7, 11) is 0. The van der Waals surface area contributed by atoms with Gasteiger partial charge < -0.3 is 14.7 Å². The minimum Gasteiger partial charge on any atom is -0.350 e. The molecule has 2 unspecified atom stereocenters. The molecule has 5 nitrogen and oxygen atoms in total. The Kier molecular flexibility index (Phi) is 2.48. The van der Waals surface area contributed by atoms with Crippen LogP contribution in [-0.2, 0) is 0 Å². The summed E-state index contributed by atoms with van der Waals surface area (Å²) in [5.74, 6) is 0.926. The van der Waals surface area contributed by atoms with Crippen molar-refractivity contribution in [2.75, 3.05) is 19.6 Å². The third-order valence-corrected chi connectivity index (χ3v) is 3.75. The van der Waals surface area contributed by atoms with Gasteiger partial charge in [0.2, 0.25) is 5.76 Å². The van der Waals surface area contributed by atoms with E-state index in [1.165, 1.54) is 0 Å². The van der Waals surface area contributed by atoms with Crippen LogP contribution in [0, 0.1) is 5.92 Å². The molecule has 2 atom stereocenters. The van der Waals surface area contributed by atoms with Gasteiger partial charge in [-0.2, -0.15) is 0 Å². The Morgan fingerprint density at radius 3 is 3.25 bits per heavy atom. The molecule has 2 fully saturated rings. The third-order valence-electron chi connectivity index (χ3n) is 3.37. The van der Waals surface area contributed by atoms with Gasteiger partial charge in [-0.3, -0.25) is 4.79 Å². The van der Waals surface area contributed by atoms with Gasteiger partial charge in [-0.15, -0.1) is 0 Å². The summed E-state index contributed by atoms with van der Waals surface area (Å²) in [6, 6.07) is 1.96. The van der Waals surface area contributed by atoms with Crippen LogP contribution >= 0.6 is 15.9 Å². The number of rotatable bonds is 1. The molecule has 0 aliphatic carbocycles. The maximum Gasteiger partial charge on any atom is 0.292 e. The maximum absolute atomic E-state index is 12.0. The van der Waals surface area contributed by atoms with Gasteiger partial charge in [0.1, 0.15) is 4.60 Å². The van der Waals surface area contributed by atoms with Crippen molar-refractivity contribution in [2.24, 2.45) is 5.92 Å². The monoisotopic (exact) mass is 285 g/mol. The number of fused-ring (bicyclic) bond motifs is 1. The topological polar surface area (TPSA) is 58.4 Å². The second kappa shape index (κ2) is 3.85. The van der Waals surface area contributed by atoms with Gasteiger partial charge in [0, 0.05) is 25.2 Å². The summed E-state index contributed by atoms with van der Waals surface area (Å²) in [6.45, 7) is 2.81. The number of carbonyl (C=O) groups excluding carboxylic acids is 1. The first-order valence-electron chi connectivity index (χ1n) is 5.39. The standard InChI is InChI=1S/C10H12BrN3O2/c11-9-3-8(16-13-9)10(15)14-5-6-1-2-12-4-7(6)14/h3,6-7,12H,1-2,4-5H2. The number of nitrogens with zero attached hydrogens (tertiary/aromatic N) is 2. The van der Waals surface area contributed by atoms with E-state index in [0.717, 1.165) is 26.1 Å². The van der Waals surface area contributed by atoms with Crippen molar-refractivity contribution in [1.29, 1.82) is 0 Å². The van der Waals surface area contributed by atoms with Gasteiger partial charge in [0.15, 0.2) is 0 Å². The van der Waals surface area contributed by atoms with Crippen LogP contribution in [0.15, 0.2) is 15.2 Å². The normalized spacial score (nSPS) is 28.4. The number of piperidine rings is 1. The van der Waals surface area contributed by atoms with Gasteiger partial charge >= 0.3 is 0 Å². The summed E-state index contributed by atoms with van der Waals surface area (Å²) >= 11 is 3.17. The second-order valence-electron chi connectivity index (χ2n) is 4.29. The van der Waals surface area contributed by atoms with Crippen molar-refractivity contribution in [3.8, 4) is 0 Å². The summed E-state index contributed by atoms with van der Waals surface area (Å²) in [5.41, 5.74) is 0. The van der Waals surface area contributed by atoms with E-state index >= 15 is 0 Å². The van der Waals surface area contributed by atoms with Crippen molar-refractivity contribution in [3.05, 3.63) is 16.4 Å². The van der Waals surface area contributed by atoms with Gasteiger partial charge in [0.25, 0.3) is 5.91 Å².